The molecule has 3 aromatic carbocycles. The molecule has 3 aliphatic heterocycles. The van der Waals surface area contributed by atoms with Crippen molar-refractivity contribution in [2.24, 2.45) is 0 Å². The Kier molecular flexibility index (Phi) is 13.9. The quantitative estimate of drug-likeness (QED) is 0.239. The number of hydrogen-bond donors (Lipinski definition) is 0. The number of halogens is 1. The summed E-state index contributed by atoms with van der Waals surface area (Å²) in [7, 11) is -1.22. The fourth-order valence-electron chi connectivity index (χ4n) is 12.1. The lowest BCUT2D eigenvalue weighted by Crippen LogP contribution is -2.41. The first kappa shape index (κ1) is 54.4. The zero-order chi connectivity index (χ0) is 50.8. The Labute approximate surface area is 418 Å². The van der Waals surface area contributed by atoms with Crippen LogP contribution >= 0.6 is 15.9 Å². The van der Waals surface area contributed by atoms with Gasteiger partial charge in [0.15, 0.2) is 0 Å². The molecule has 0 unspecified atom stereocenters. The Balaban J connectivity index is 0.000000151. The van der Waals surface area contributed by atoms with E-state index in [9.17, 15) is 0 Å². The van der Waals surface area contributed by atoms with E-state index in [0.717, 1.165) is 5.46 Å². The zero-order valence-electron chi connectivity index (χ0n) is 46.5. The van der Waals surface area contributed by atoms with E-state index in [-0.39, 0.29) is 51.6 Å². The van der Waals surface area contributed by atoms with Crippen molar-refractivity contribution in [3.05, 3.63) is 98.5 Å². The van der Waals surface area contributed by atoms with Crippen molar-refractivity contribution in [2.45, 2.75) is 252 Å². The standard InChI is InChI=1S/C19H29BO2.C13H17Br.C13H18.C12H24B2O4/c1-16(2)12-17(3,4)15-11-13(9-10-14(15)16)20-21-18(5,6)19(7,8)22-20;1-12(2)8-13(3,4)11-7-9(14)5-6-10(11)12;1-12(2)9-13(3,4)11-8-6-5-7-10(11)12;1-9(2)10(3,4)16-13(15-9)14-17-11(5,6)12(7,8)18-14/h9-11H,12H2,1-8H3;5-7H,8H2,1-4H3;5-8H,9H2,1-4H3;1-8H3. The van der Waals surface area contributed by atoms with Gasteiger partial charge in [0.25, 0.3) is 0 Å². The first-order chi connectivity index (χ1) is 30.0. The monoisotopic (exact) mass is 981 g/mol. The van der Waals surface area contributed by atoms with Crippen molar-refractivity contribution >= 4 is 42.5 Å². The van der Waals surface area contributed by atoms with Gasteiger partial charge in [-0.3, -0.25) is 0 Å². The summed E-state index contributed by atoms with van der Waals surface area (Å²) in [5.41, 5.74) is 9.99. The largest absolute Gasteiger partial charge is 0.494 e. The summed E-state index contributed by atoms with van der Waals surface area (Å²) in [5.74, 6) is 0. The van der Waals surface area contributed by atoms with Gasteiger partial charge in [-0.2, -0.15) is 0 Å². The molecule has 3 fully saturated rings. The van der Waals surface area contributed by atoms with Crippen molar-refractivity contribution in [1.82, 2.24) is 0 Å². The Hall–Kier alpha value is -1.91. The molecule has 368 valence electrons. The molecule has 6 nitrogen and oxygen atoms in total. The SMILES string of the molecule is CC1(C)CC(C)(C)c2cc(B3OC(C)(C)C(C)(C)O3)ccc21.CC1(C)CC(C)(C)c2cc(Br)ccc21.CC1(C)CC(C)(C)c2ccccc21.CC1(C)OB(B2OC(C)(C)C(C)(C)O2)OC1(C)C. The van der Waals surface area contributed by atoms with Crippen molar-refractivity contribution in [3.8, 4) is 0 Å². The normalized spacial score (nSPS) is 26.5. The van der Waals surface area contributed by atoms with Crippen LogP contribution in [0.25, 0.3) is 0 Å². The number of rotatable bonds is 2. The number of benzene rings is 3. The third-order valence-corrected chi connectivity index (χ3v) is 17.8. The lowest BCUT2D eigenvalue weighted by atomic mass is 9.49. The first-order valence-corrected chi connectivity index (χ1v) is 25.9. The maximum atomic E-state index is 6.21. The van der Waals surface area contributed by atoms with Gasteiger partial charge in [0.1, 0.15) is 0 Å². The second-order valence-electron chi connectivity index (χ2n) is 27.7. The van der Waals surface area contributed by atoms with Gasteiger partial charge in [0.2, 0.25) is 0 Å². The Morgan fingerprint density at radius 3 is 0.940 bits per heavy atom. The molecule has 3 saturated heterocycles. The minimum Gasteiger partial charge on any atom is -0.405 e. The lowest BCUT2D eigenvalue weighted by Gasteiger charge is -2.32. The van der Waals surface area contributed by atoms with Gasteiger partial charge in [-0.1, -0.05) is 148 Å². The molecule has 9 rings (SSSR count). The highest BCUT2D eigenvalue weighted by atomic mass is 79.9. The lowest BCUT2D eigenvalue weighted by molar-refractivity contribution is 0.00578. The fourth-order valence-corrected chi connectivity index (χ4v) is 12.4. The van der Waals surface area contributed by atoms with Crippen LogP contribution in [0, 0.1) is 0 Å². The summed E-state index contributed by atoms with van der Waals surface area (Å²) >= 11 is 3.55. The van der Waals surface area contributed by atoms with Crippen LogP contribution < -0.4 is 5.46 Å². The predicted octanol–water partition coefficient (Wildman–Crippen LogP) is 14.2. The molecule has 0 spiro atoms. The van der Waals surface area contributed by atoms with E-state index < -0.39 is 14.0 Å². The average molecular weight is 982 g/mol. The van der Waals surface area contributed by atoms with Crippen molar-refractivity contribution in [3.63, 3.8) is 0 Å². The van der Waals surface area contributed by atoms with E-state index in [1.165, 1.54) is 46.0 Å². The second-order valence-corrected chi connectivity index (χ2v) is 28.6. The average Bonchev–Trinajstić information content (AvgIpc) is 3.80. The van der Waals surface area contributed by atoms with Gasteiger partial charge in [0.05, 0.1) is 33.6 Å². The maximum absolute atomic E-state index is 6.21. The molecule has 0 amide bonds. The van der Waals surface area contributed by atoms with Crippen LogP contribution in [0.4, 0.5) is 0 Å². The predicted molar refractivity (Wildman–Crippen MR) is 287 cm³/mol. The third kappa shape index (κ3) is 10.4. The van der Waals surface area contributed by atoms with Gasteiger partial charge in [-0.25, -0.2) is 0 Å². The molecule has 6 aliphatic rings. The molecule has 0 N–H and O–H groups in total. The van der Waals surface area contributed by atoms with Gasteiger partial charge >= 0.3 is 21.1 Å². The summed E-state index contributed by atoms with van der Waals surface area (Å²) in [6, 6.07) is 22.4. The van der Waals surface area contributed by atoms with Crippen LogP contribution in [0.1, 0.15) is 219 Å². The summed E-state index contributed by atoms with van der Waals surface area (Å²) in [6.07, 6.45) is 3.69. The van der Waals surface area contributed by atoms with Crippen molar-refractivity contribution in [1.29, 1.82) is 0 Å². The van der Waals surface area contributed by atoms with Gasteiger partial charge in [0, 0.05) is 4.47 Å². The van der Waals surface area contributed by atoms with Gasteiger partial charge < -0.3 is 27.9 Å². The summed E-state index contributed by atoms with van der Waals surface area (Å²) in [5, 5.41) is 0. The fraction of sp³-hybridized carbons (Fsp3) is 0.684. The van der Waals surface area contributed by atoms with Crippen LogP contribution in [-0.2, 0) is 60.4 Å². The summed E-state index contributed by atoms with van der Waals surface area (Å²) < 4.78 is 37.5. The molecule has 0 aromatic heterocycles. The van der Waals surface area contributed by atoms with E-state index in [1.807, 2.05) is 55.4 Å². The van der Waals surface area contributed by atoms with Crippen LogP contribution in [0.3, 0.4) is 0 Å². The minimum absolute atomic E-state index is 0.207. The summed E-state index contributed by atoms with van der Waals surface area (Å²) in [4.78, 5) is 0. The van der Waals surface area contributed by atoms with Gasteiger partial charge in [-0.05, 0) is 186 Å². The third-order valence-electron chi connectivity index (χ3n) is 17.3. The first-order valence-electron chi connectivity index (χ1n) is 25.1. The second kappa shape index (κ2) is 17.1. The molecular weight excluding hydrogens is 893 g/mol. The van der Waals surface area contributed by atoms with Crippen LogP contribution in [0.15, 0.2) is 65.1 Å². The molecule has 0 atom stereocenters. The van der Waals surface area contributed by atoms with E-state index in [2.05, 4.69) is 187 Å². The Bertz CT molecular complexity index is 2200. The Morgan fingerprint density at radius 2 is 0.597 bits per heavy atom. The van der Waals surface area contributed by atoms with Crippen LogP contribution in [0.2, 0.25) is 0 Å². The maximum Gasteiger partial charge on any atom is 0.494 e. The topological polar surface area (TPSA) is 55.4 Å². The number of fused-ring (bicyclic) bond motifs is 3. The molecule has 67 heavy (non-hydrogen) atoms. The van der Waals surface area contributed by atoms with Crippen molar-refractivity contribution < 1.29 is 27.9 Å². The molecule has 0 saturated carbocycles. The van der Waals surface area contributed by atoms with Gasteiger partial charge in [-0.15, -0.1) is 0 Å². The van der Waals surface area contributed by atoms with Crippen LogP contribution in [-0.4, -0.2) is 54.7 Å². The van der Waals surface area contributed by atoms with E-state index in [1.54, 1.807) is 11.1 Å². The van der Waals surface area contributed by atoms with Crippen LogP contribution in [0.5, 0.6) is 0 Å². The molecule has 3 aliphatic carbocycles. The highest BCUT2D eigenvalue weighted by Gasteiger charge is 2.64. The smallest absolute Gasteiger partial charge is 0.405 e. The minimum atomic E-state index is -0.476. The number of hydrogen-bond acceptors (Lipinski definition) is 6. The highest BCUT2D eigenvalue weighted by Crippen LogP contribution is 2.52. The molecule has 3 heterocycles. The molecule has 0 radical (unpaired) electrons. The molecule has 0 bridgehead atoms. The Morgan fingerprint density at radius 1 is 0.328 bits per heavy atom. The highest BCUT2D eigenvalue weighted by molar-refractivity contribution is 9.10. The van der Waals surface area contributed by atoms with E-state index >= 15 is 0 Å². The molecule has 3 aromatic rings. The molecular formula is C57H88B3BrO6. The zero-order valence-corrected chi connectivity index (χ0v) is 48.0. The molecule has 10 heteroatoms. The van der Waals surface area contributed by atoms with E-state index in [4.69, 9.17) is 27.9 Å². The van der Waals surface area contributed by atoms with Crippen molar-refractivity contribution in [2.75, 3.05) is 0 Å². The summed E-state index contributed by atoms with van der Waals surface area (Å²) in [6.45, 7) is 52.8. The van der Waals surface area contributed by atoms with E-state index in [0.29, 0.717) is 21.7 Å².